The summed E-state index contributed by atoms with van der Waals surface area (Å²) in [6.45, 7) is 0.828. The summed E-state index contributed by atoms with van der Waals surface area (Å²) in [5.74, 6) is 1.41. The molecule has 0 saturated heterocycles. The molecule has 3 rings (SSSR count). The fourth-order valence-electron chi connectivity index (χ4n) is 2.11. The third-order valence-electron chi connectivity index (χ3n) is 3.22. The van der Waals surface area contributed by atoms with Crippen LogP contribution in [0.2, 0.25) is 0 Å². The van der Waals surface area contributed by atoms with Gasteiger partial charge in [-0.2, -0.15) is 0 Å². The molecule has 21 heavy (non-hydrogen) atoms. The van der Waals surface area contributed by atoms with E-state index in [2.05, 4.69) is 5.32 Å². The molecule has 2 aromatic rings. The van der Waals surface area contributed by atoms with Crippen molar-refractivity contribution >= 4 is 23.3 Å². The molecule has 1 aromatic carbocycles. The number of carbonyl (C=O) groups excluding carboxylic acids is 1. The molecule has 1 amide bonds. The Bertz CT molecular complexity index is 677. The maximum Gasteiger partial charge on any atom is 0.250 e. The predicted molar refractivity (Wildman–Crippen MR) is 82.6 cm³/mol. The Balaban J connectivity index is 1.73. The first-order valence-corrected chi connectivity index (χ1v) is 7.46. The van der Waals surface area contributed by atoms with E-state index in [1.54, 1.807) is 18.4 Å². The Morgan fingerprint density at radius 2 is 2.33 bits per heavy atom. The van der Waals surface area contributed by atoms with E-state index in [4.69, 9.17) is 9.47 Å². The van der Waals surface area contributed by atoms with E-state index in [1.807, 2.05) is 41.8 Å². The second-order valence-electron chi connectivity index (χ2n) is 4.62. The van der Waals surface area contributed by atoms with Crippen LogP contribution >= 0.6 is 11.3 Å². The van der Waals surface area contributed by atoms with Crippen molar-refractivity contribution in [2.24, 2.45) is 0 Å². The normalized spacial score (nSPS) is 12.9. The van der Waals surface area contributed by atoms with Gasteiger partial charge in [-0.25, -0.2) is 0 Å². The fraction of sp³-hybridized carbons (Fsp3) is 0.188. The van der Waals surface area contributed by atoms with Crippen molar-refractivity contribution < 1.29 is 14.3 Å². The van der Waals surface area contributed by atoms with Gasteiger partial charge in [0.1, 0.15) is 18.1 Å². The Kier molecular flexibility index (Phi) is 3.92. The van der Waals surface area contributed by atoms with Crippen LogP contribution in [-0.2, 0) is 11.3 Å². The molecular formula is C16H15NO3S. The van der Waals surface area contributed by atoms with E-state index < -0.39 is 0 Å². The SMILES string of the molecule is COc1ccc2c(c1)C=C(C(=O)NCc1cccs1)CO2. The molecule has 108 valence electrons. The molecule has 1 aliphatic rings. The van der Waals surface area contributed by atoms with Crippen LogP contribution in [0.25, 0.3) is 6.08 Å². The summed E-state index contributed by atoms with van der Waals surface area (Å²) in [7, 11) is 1.61. The van der Waals surface area contributed by atoms with E-state index in [0.29, 0.717) is 12.1 Å². The smallest absolute Gasteiger partial charge is 0.250 e. The standard InChI is InChI=1S/C16H15NO3S/c1-19-13-4-5-15-11(8-13)7-12(10-20-15)16(18)17-9-14-3-2-6-21-14/h2-8H,9-10H2,1H3,(H,17,18). The van der Waals surface area contributed by atoms with Crippen LogP contribution in [0.5, 0.6) is 11.5 Å². The summed E-state index contributed by atoms with van der Waals surface area (Å²) >= 11 is 1.62. The molecule has 1 aliphatic heterocycles. The Labute approximate surface area is 127 Å². The van der Waals surface area contributed by atoms with Gasteiger partial charge in [-0.05, 0) is 35.7 Å². The average molecular weight is 301 g/mol. The van der Waals surface area contributed by atoms with Crippen LogP contribution in [-0.4, -0.2) is 19.6 Å². The minimum absolute atomic E-state index is 0.100. The topological polar surface area (TPSA) is 47.6 Å². The molecule has 2 heterocycles. The number of hydrogen-bond acceptors (Lipinski definition) is 4. The molecule has 1 N–H and O–H groups in total. The summed E-state index contributed by atoms with van der Waals surface area (Å²) in [5, 5.41) is 4.90. The van der Waals surface area contributed by atoms with Crippen molar-refractivity contribution in [3.8, 4) is 11.5 Å². The Hall–Kier alpha value is -2.27. The van der Waals surface area contributed by atoms with Gasteiger partial charge in [0.2, 0.25) is 0 Å². The minimum atomic E-state index is -0.100. The monoisotopic (exact) mass is 301 g/mol. The van der Waals surface area contributed by atoms with Gasteiger partial charge in [0.05, 0.1) is 19.2 Å². The second-order valence-corrected chi connectivity index (χ2v) is 5.66. The van der Waals surface area contributed by atoms with E-state index in [0.717, 1.165) is 21.9 Å². The lowest BCUT2D eigenvalue weighted by atomic mass is 10.1. The quantitative estimate of drug-likeness (QED) is 0.944. The molecule has 0 unspecified atom stereocenters. The molecule has 0 saturated carbocycles. The highest BCUT2D eigenvalue weighted by Crippen LogP contribution is 2.29. The largest absolute Gasteiger partial charge is 0.497 e. The number of carbonyl (C=O) groups is 1. The predicted octanol–water partition coefficient (Wildman–Crippen LogP) is 2.85. The summed E-state index contributed by atoms with van der Waals surface area (Å²) in [6, 6.07) is 9.52. The van der Waals surface area contributed by atoms with Crippen molar-refractivity contribution in [3.63, 3.8) is 0 Å². The van der Waals surface area contributed by atoms with Gasteiger partial charge in [0.25, 0.3) is 5.91 Å². The minimum Gasteiger partial charge on any atom is -0.497 e. The van der Waals surface area contributed by atoms with Crippen LogP contribution in [0.3, 0.4) is 0 Å². The number of hydrogen-bond donors (Lipinski definition) is 1. The first kappa shape index (κ1) is 13.7. The molecular weight excluding hydrogens is 286 g/mol. The van der Waals surface area contributed by atoms with Crippen LogP contribution in [0.1, 0.15) is 10.4 Å². The molecule has 0 atom stereocenters. The maximum absolute atomic E-state index is 12.2. The maximum atomic E-state index is 12.2. The number of amides is 1. The van der Waals surface area contributed by atoms with Crippen molar-refractivity contribution in [1.29, 1.82) is 0 Å². The number of fused-ring (bicyclic) bond motifs is 1. The van der Waals surface area contributed by atoms with Crippen LogP contribution in [0, 0.1) is 0 Å². The zero-order valence-electron chi connectivity index (χ0n) is 11.6. The zero-order valence-corrected chi connectivity index (χ0v) is 12.4. The van der Waals surface area contributed by atoms with Gasteiger partial charge >= 0.3 is 0 Å². The third-order valence-corrected chi connectivity index (χ3v) is 4.10. The van der Waals surface area contributed by atoms with E-state index >= 15 is 0 Å². The van der Waals surface area contributed by atoms with Gasteiger partial charge in [-0.1, -0.05) is 6.07 Å². The van der Waals surface area contributed by atoms with Crippen LogP contribution in [0.4, 0.5) is 0 Å². The summed E-state index contributed by atoms with van der Waals surface area (Å²) in [5.41, 5.74) is 1.48. The Morgan fingerprint density at radius 1 is 1.43 bits per heavy atom. The molecule has 0 aliphatic carbocycles. The summed E-state index contributed by atoms with van der Waals surface area (Å²) in [4.78, 5) is 13.3. The van der Waals surface area contributed by atoms with Gasteiger partial charge < -0.3 is 14.8 Å². The first-order valence-electron chi connectivity index (χ1n) is 6.58. The highest BCUT2D eigenvalue weighted by molar-refractivity contribution is 7.09. The highest BCUT2D eigenvalue weighted by atomic mass is 32.1. The number of benzene rings is 1. The Morgan fingerprint density at radius 3 is 3.10 bits per heavy atom. The lowest BCUT2D eigenvalue weighted by Gasteiger charge is -2.18. The number of methoxy groups -OCH3 is 1. The van der Waals surface area contributed by atoms with E-state index in [-0.39, 0.29) is 12.5 Å². The molecule has 0 fully saturated rings. The van der Waals surface area contributed by atoms with Gasteiger partial charge in [0.15, 0.2) is 0 Å². The van der Waals surface area contributed by atoms with Gasteiger partial charge in [-0.15, -0.1) is 11.3 Å². The zero-order chi connectivity index (χ0) is 14.7. The second kappa shape index (κ2) is 6.01. The third kappa shape index (κ3) is 3.08. The highest BCUT2D eigenvalue weighted by Gasteiger charge is 2.17. The number of nitrogens with one attached hydrogen (secondary N) is 1. The van der Waals surface area contributed by atoms with Crippen LogP contribution < -0.4 is 14.8 Å². The summed E-state index contributed by atoms with van der Waals surface area (Å²) < 4.78 is 10.8. The number of ether oxygens (including phenoxy) is 2. The molecule has 0 bridgehead atoms. The van der Waals surface area contributed by atoms with Gasteiger partial charge in [-0.3, -0.25) is 4.79 Å². The first-order chi connectivity index (χ1) is 10.3. The average Bonchev–Trinajstić information content (AvgIpc) is 3.04. The molecule has 4 nitrogen and oxygen atoms in total. The lowest BCUT2D eigenvalue weighted by molar-refractivity contribution is -0.117. The van der Waals surface area contributed by atoms with Crippen molar-refractivity contribution in [3.05, 3.63) is 51.7 Å². The van der Waals surface area contributed by atoms with Crippen molar-refractivity contribution in [1.82, 2.24) is 5.32 Å². The molecule has 1 aromatic heterocycles. The number of rotatable bonds is 4. The van der Waals surface area contributed by atoms with Crippen molar-refractivity contribution in [2.45, 2.75) is 6.54 Å². The number of thiophene rings is 1. The lowest BCUT2D eigenvalue weighted by Crippen LogP contribution is -2.27. The van der Waals surface area contributed by atoms with E-state index in [9.17, 15) is 4.79 Å². The molecule has 0 radical (unpaired) electrons. The van der Waals surface area contributed by atoms with Gasteiger partial charge in [0, 0.05) is 10.4 Å². The van der Waals surface area contributed by atoms with Crippen LogP contribution in [0.15, 0.2) is 41.3 Å². The molecule has 5 heteroatoms. The molecule has 0 spiro atoms. The summed E-state index contributed by atoms with van der Waals surface area (Å²) in [6.07, 6.45) is 1.85. The van der Waals surface area contributed by atoms with E-state index in [1.165, 1.54) is 0 Å². The fourth-order valence-corrected chi connectivity index (χ4v) is 2.75. The van der Waals surface area contributed by atoms with Crippen molar-refractivity contribution in [2.75, 3.05) is 13.7 Å².